The van der Waals surface area contributed by atoms with Gasteiger partial charge in [-0.1, -0.05) is 11.6 Å². The predicted molar refractivity (Wildman–Crippen MR) is 84.8 cm³/mol. The molecule has 1 aliphatic rings. The summed E-state index contributed by atoms with van der Waals surface area (Å²) in [7, 11) is 0. The van der Waals surface area contributed by atoms with E-state index in [2.05, 4.69) is 5.32 Å². The molecule has 0 unspecified atom stereocenters. The van der Waals surface area contributed by atoms with Gasteiger partial charge in [-0.05, 0) is 37.1 Å². The molecule has 116 valence electrons. The summed E-state index contributed by atoms with van der Waals surface area (Å²) in [4.78, 5) is 13.1. The van der Waals surface area contributed by atoms with Crippen molar-refractivity contribution in [3.05, 3.63) is 29.3 Å². The van der Waals surface area contributed by atoms with E-state index in [9.17, 15) is 9.90 Å². The quantitative estimate of drug-likeness (QED) is 0.787. The molecule has 1 saturated heterocycles. The monoisotopic (exact) mass is 329 g/mol. The average molecular weight is 330 g/mol. The first-order valence-electron chi connectivity index (χ1n) is 7.02. The second-order valence-corrected chi connectivity index (χ2v) is 6.76. The number of hydrogen-bond acceptors (Lipinski definition) is 4. The standard InChI is InChI=1S/C15H20ClNO3S/c16-12-1-3-13(4-2-12)21-10-5-14(19)17-15(11-18)6-8-20-9-7-15/h1-4,18H,5-11H2,(H,17,19). The molecule has 0 aromatic heterocycles. The van der Waals surface area contributed by atoms with Gasteiger partial charge in [0.15, 0.2) is 0 Å². The van der Waals surface area contributed by atoms with Crippen molar-refractivity contribution in [2.75, 3.05) is 25.6 Å². The van der Waals surface area contributed by atoms with Crippen LogP contribution in [0.1, 0.15) is 19.3 Å². The van der Waals surface area contributed by atoms with Gasteiger partial charge in [-0.25, -0.2) is 0 Å². The van der Waals surface area contributed by atoms with Crippen LogP contribution in [-0.4, -0.2) is 42.1 Å². The highest BCUT2D eigenvalue weighted by molar-refractivity contribution is 7.99. The van der Waals surface area contributed by atoms with Gasteiger partial charge in [0.1, 0.15) is 0 Å². The Kier molecular flexibility index (Phi) is 6.36. The van der Waals surface area contributed by atoms with Crippen molar-refractivity contribution in [3.8, 4) is 0 Å². The van der Waals surface area contributed by atoms with E-state index in [4.69, 9.17) is 16.3 Å². The van der Waals surface area contributed by atoms with Gasteiger partial charge in [-0.2, -0.15) is 0 Å². The van der Waals surface area contributed by atoms with Crippen LogP contribution in [0.2, 0.25) is 5.02 Å². The van der Waals surface area contributed by atoms with Crippen molar-refractivity contribution in [2.45, 2.75) is 29.7 Å². The molecule has 1 heterocycles. The Balaban J connectivity index is 1.75. The van der Waals surface area contributed by atoms with Crippen LogP contribution in [0.5, 0.6) is 0 Å². The lowest BCUT2D eigenvalue weighted by Crippen LogP contribution is -2.54. The van der Waals surface area contributed by atoms with E-state index in [1.807, 2.05) is 24.3 Å². The molecule has 0 aliphatic carbocycles. The van der Waals surface area contributed by atoms with Crippen LogP contribution in [0.15, 0.2) is 29.2 Å². The van der Waals surface area contributed by atoms with Gasteiger partial charge in [0, 0.05) is 35.3 Å². The Morgan fingerprint density at radius 2 is 2.00 bits per heavy atom. The lowest BCUT2D eigenvalue weighted by atomic mass is 9.91. The number of thioether (sulfide) groups is 1. The predicted octanol–water partition coefficient (Wildman–Crippen LogP) is 2.48. The minimum Gasteiger partial charge on any atom is -0.394 e. The zero-order valence-electron chi connectivity index (χ0n) is 11.8. The van der Waals surface area contributed by atoms with E-state index in [1.54, 1.807) is 11.8 Å². The van der Waals surface area contributed by atoms with Crippen LogP contribution in [0.4, 0.5) is 0 Å². The number of aliphatic hydroxyl groups is 1. The Hall–Kier alpha value is -0.750. The van der Waals surface area contributed by atoms with Crippen LogP contribution < -0.4 is 5.32 Å². The molecular formula is C15H20ClNO3S. The topological polar surface area (TPSA) is 58.6 Å². The third-order valence-corrected chi connectivity index (χ3v) is 4.83. The third kappa shape index (κ3) is 5.18. The molecule has 0 saturated carbocycles. The molecule has 1 fully saturated rings. The highest BCUT2D eigenvalue weighted by atomic mass is 35.5. The summed E-state index contributed by atoms with van der Waals surface area (Å²) in [6.07, 6.45) is 1.76. The molecule has 2 N–H and O–H groups in total. The lowest BCUT2D eigenvalue weighted by molar-refractivity contribution is -0.124. The fraction of sp³-hybridized carbons (Fsp3) is 0.533. The van der Waals surface area contributed by atoms with Gasteiger partial charge in [0.05, 0.1) is 12.1 Å². The largest absolute Gasteiger partial charge is 0.394 e. The molecule has 0 spiro atoms. The first-order valence-corrected chi connectivity index (χ1v) is 8.38. The second kappa shape index (κ2) is 8.03. The molecule has 6 heteroatoms. The molecule has 0 atom stereocenters. The number of halogens is 1. The highest BCUT2D eigenvalue weighted by Gasteiger charge is 2.33. The first kappa shape index (κ1) is 16.6. The van der Waals surface area contributed by atoms with Crippen LogP contribution in [0.25, 0.3) is 0 Å². The molecular weight excluding hydrogens is 310 g/mol. The van der Waals surface area contributed by atoms with Crippen LogP contribution >= 0.6 is 23.4 Å². The van der Waals surface area contributed by atoms with Gasteiger partial charge in [0.2, 0.25) is 5.91 Å². The van der Waals surface area contributed by atoms with Crippen LogP contribution in [0.3, 0.4) is 0 Å². The fourth-order valence-electron chi connectivity index (χ4n) is 2.24. The van der Waals surface area contributed by atoms with Crippen molar-refractivity contribution in [1.29, 1.82) is 0 Å². The summed E-state index contributed by atoms with van der Waals surface area (Å²) in [5.41, 5.74) is -0.500. The average Bonchev–Trinajstić information content (AvgIpc) is 2.50. The zero-order valence-corrected chi connectivity index (χ0v) is 13.4. The fourth-order valence-corrected chi connectivity index (χ4v) is 3.21. The van der Waals surface area contributed by atoms with E-state index >= 15 is 0 Å². The normalized spacial score (nSPS) is 17.4. The van der Waals surface area contributed by atoms with E-state index in [1.165, 1.54) is 0 Å². The molecule has 1 amide bonds. The number of amides is 1. The van der Waals surface area contributed by atoms with Gasteiger partial charge < -0.3 is 15.2 Å². The second-order valence-electron chi connectivity index (χ2n) is 5.15. The number of aliphatic hydroxyl groups excluding tert-OH is 1. The zero-order chi connectivity index (χ0) is 15.1. The Morgan fingerprint density at radius 1 is 1.33 bits per heavy atom. The summed E-state index contributed by atoms with van der Waals surface area (Å²) in [5, 5.41) is 13.2. The Bertz CT molecular complexity index is 460. The molecule has 0 bridgehead atoms. The van der Waals surface area contributed by atoms with Crippen molar-refractivity contribution in [2.24, 2.45) is 0 Å². The molecule has 21 heavy (non-hydrogen) atoms. The first-order chi connectivity index (χ1) is 10.1. The minimum atomic E-state index is -0.500. The third-order valence-electron chi connectivity index (χ3n) is 3.57. The molecule has 4 nitrogen and oxygen atoms in total. The number of benzene rings is 1. The number of nitrogens with one attached hydrogen (secondary N) is 1. The number of rotatable bonds is 6. The highest BCUT2D eigenvalue weighted by Crippen LogP contribution is 2.22. The van der Waals surface area contributed by atoms with Crippen molar-refractivity contribution in [3.63, 3.8) is 0 Å². The molecule has 0 radical (unpaired) electrons. The summed E-state index contributed by atoms with van der Waals surface area (Å²) in [6.45, 7) is 1.13. The summed E-state index contributed by atoms with van der Waals surface area (Å²) in [5.74, 6) is 0.679. The molecule has 1 aromatic rings. The van der Waals surface area contributed by atoms with Crippen LogP contribution in [0, 0.1) is 0 Å². The van der Waals surface area contributed by atoms with Gasteiger partial charge in [-0.15, -0.1) is 11.8 Å². The summed E-state index contributed by atoms with van der Waals surface area (Å²) in [6, 6.07) is 7.57. The van der Waals surface area contributed by atoms with Gasteiger partial charge in [0.25, 0.3) is 0 Å². The Morgan fingerprint density at radius 3 is 2.62 bits per heavy atom. The van der Waals surface area contributed by atoms with E-state index in [0.717, 1.165) is 4.90 Å². The number of carbonyl (C=O) groups is 1. The van der Waals surface area contributed by atoms with Gasteiger partial charge in [-0.3, -0.25) is 4.79 Å². The maximum absolute atomic E-state index is 12.0. The van der Waals surface area contributed by atoms with Crippen molar-refractivity contribution >= 4 is 29.3 Å². The van der Waals surface area contributed by atoms with E-state index in [-0.39, 0.29) is 12.5 Å². The molecule has 1 aromatic carbocycles. The smallest absolute Gasteiger partial charge is 0.221 e. The summed E-state index contributed by atoms with van der Waals surface area (Å²) >= 11 is 7.45. The van der Waals surface area contributed by atoms with E-state index < -0.39 is 5.54 Å². The number of ether oxygens (including phenoxy) is 1. The number of hydrogen-bond donors (Lipinski definition) is 2. The summed E-state index contributed by atoms with van der Waals surface area (Å²) < 4.78 is 5.28. The van der Waals surface area contributed by atoms with Crippen molar-refractivity contribution < 1.29 is 14.6 Å². The maximum atomic E-state index is 12.0. The minimum absolute atomic E-state index is 0.0209. The lowest BCUT2D eigenvalue weighted by Gasteiger charge is -2.36. The number of carbonyl (C=O) groups excluding carboxylic acids is 1. The van der Waals surface area contributed by atoms with Crippen LogP contribution in [-0.2, 0) is 9.53 Å². The Labute approximate surface area is 134 Å². The molecule has 1 aliphatic heterocycles. The SMILES string of the molecule is O=C(CCSc1ccc(Cl)cc1)NC1(CO)CCOCC1. The van der Waals surface area contributed by atoms with Gasteiger partial charge >= 0.3 is 0 Å². The van der Waals surface area contributed by atoms with E-state index in [0.29, 0.717) is 43.3 Å². The van der Waals surface area contributed by atoms with Crippen molar-refractivity contribution in [1.82, 2.24) is 5.32 Å². The maximum Gasteiger partial charge on any atom is 0.221 e. The molecule has 2 rings (SSSR count).